The van der Waals surface area contributed by atoms with E-state index in [1.807, 2.05) is 53.3 Å². The summed E-state index contributed by atoms with van der Waals surface area (Å²) in [6.07, 6.45) is -1.66. The lowest BCUT2D eigenvalue weighted by molar-refractivity contribution is -0.143. The van der Waals surface area contributed by atoms with Gasteiger partial charge >= 0.3 is 6.09 Å². The van der Waals surface area contributed by atoms with Crippen LogP contribution in [0, 0.1) is 11.3 Å². The summed E-state index contributed by atoms with van der Waals surface area (Å²) in [4.78, 5) is 62.3. The lowest BCUT2D eigenvalue weighted by Gasteiger charge is -2.35. The van der Waals surface area contributed by atoms with Crippen molar-refractivity contribution in [3.8, 4) is 11.1 Å². The number of carbonyl (C=O) groups is 4. The molecule has 7 rings (SSSR count). The average Bonchev–Trinajstić information content (AvgIpc) is 3.97. The number of oxime groups is 1. The normalized spacial score (nSPS) is 25.4. The van der Waals surface area contributed by atoms with E-state index in [2.05, 4.69) is 15.8 Å². The van der Waals surface area contributed by atoms with Gasteiger partial charge in [0.05, 0.1) is 17.7 Å². The molecule has 4 fully saturated rings. The second-order valence-corrected chi connectivity index (χ2v) is 18.0. The summed E-state index contributed by atoms with van der Waals surface area (Å²) in [6.45, 7) is 5.05. The molecule has 0 bridgehead atoms. The predicted octanol–water partition coefficient (Wildman–Crippen LogP) is 4.24. The third-order valence-corrected chi connectivity index (χ3v) is 12.8. The summed E-state index contributed by atoms with van der Waals surface area (Å²) < 4.78 is 60.9. The second-order valence-electron chi connectivity index (χ2n) is 16.0. The number of alkyl carbamates (subject to hydrolysis) is 1. The van der Waals surface area contributed by atoms with E-state index in [1.165, 1.54) is 4.90 Å². The number of likely N-dealkylation sites (tertiary alicyclic amines) is 1. The lowest BCUT2D eigenvalue weighted by atomic mass is 9.85. The molecule has 2 aromatic carbocycles. The fourth-order valence-electron chi connectivity index (χ4n) is 7.75. The van der Waals surface area contributed by atoms with Crippen LogP contribution in [0.5, 0.6) is 0 Å². The third-order valence-electron chi connectivity index (χ3n) is 11.0. The van der Waals surface area contributed by atoms with Gasteiger partial charge in [-0.25, -0.2) is 22.0 Å². The quantitative estimate of drug-likeness (QED) is 0.243. The molecule has 2 aromatic rings. The molecular formula is C38H45F2N5O8S. The van der Waals surface area contributed by atoms with E-state index in [0.29, 0.717) is 31.4 Å². The number of ether oxygens (including phenoxy) is 1. The van der Waals surface area contributed by atoms with Gasteiger partial charge in [0.1, 0.15) is 35.5 Å². The molecule has 16 heteroatoms. The Bertz CT molecular complexity index is 1930. The number of amides is 4. The Morgan fingerprint density at radius 2 is 1.50 bits per heavy atom. The number of hydrogen-bond donors (Lipinski definition) is 3. The maximum absolute atomic E-state index is 14.5. The number of sulfonamides is 1. The van der Waals surface area contributed by atoms with Crippen LogP contribution in [0.3, 0.4) is 0 Å². The number of hydrogen-bond acceptors (Lipinski definition) is 9. The summed E-state index contributed by atoms with van der Waals surface area (Å²) in [5, 5.41) is 8.83. The van der Waals surface area contributed by atoms with Gasteiger partial charge in [-0.2, -0.15) is 0 Å². The third kappa shape index (κ3) is 7.40. The van der Waals surface area contributed by atoms with Crippen molar-refractivity contribution in [2.45, 2.75) is 114 Å². The van der Waals surface area contributed by atoms with E-state index < -0.39 is 87.0 Å². The van der Waals surface area contributed by atoms with Crippen molar-refractivity contribution in [2.75, 3.05) is 6.54 Å². The van der Waals surface area contributed by atoms with Crippen molar-refractivity contribution in [3.63, 3.8) is 0 Å². The molecule has 3 saturated carbocycles. The SMILES string of the molecule is CC(C)(C)[C@H](NC(=O)OC1CCCC1)C(=O)N1C[C@H](ON=C2c3ccccc3-c3ccccc32)C[C@H]1C(=O)N[C@@]1(C(=O)NS(=O)(=O)C2CC2)C[C@H]1C(F)F. The van der Waals surface area contributed by atoms with E-state index in [9.17, 15) is 36.4 Å². The van der Waals surface area contributed by atoms with E-state index >= 15 is 0 Å². The Labute approximate surface area is 312 Å². The minimum absolute atomic E-state index is 0.140. The van der Waals surface area contributed by atoms with Crippen LogP contribution in [0.25, 0.3) is 11.1 Å². The molecule has 0 unspecified atom stereocenters. The molecule has 290 valence electrons. The van der Waals surface area contributed by atoms with Crippen molar-refractivity contribution in [1.29, 1.82) is 0 Å². The molecule has 0 radical (unpaired) electrons. The first kappa shape index (κ1) is 37.7. The second kappa shape index (κ2) is 14.2. The minimum atomic E-state index is -4.12. The van der Waals surface area contributed by atoms with Gasteiger partial charge in [0, 0.05) is 17.5 Å². The van der Waals surface area contributed by atoms with Crippen molar-refractivity contribution >= 4 is 39.5 Å². The van der Waals surface area contributed by atoms with Gasteiger partial charge in [0.15, 0.2) is 0 Å². The first-order chi connectivity index (χ1) is 25.6. The number of fused-ring (bicyclic) bond motifs is 3. The number of rotatable bonds is 11. The van der Waals surface area contributed by atoms with E-state index in [0.717, 1.165) is 35.1 Å². The molecule has 0 spiro atoms. The van der Waals surface area contributed by atoms with Crippen molar-refractivity contribution in [1.82, 2.24) is 20.3 Å². The zero-order valence-corrected chi connectivity index (χ0v) is 31.2. The largest absolute Gasteiger partial charge is 0.446 e. The van der Waals surface area contributed by atoms with Crippen LogP contribution >= 0.6 is 0 Å². The average molecular weight is 770 g/mol. The highest BCUT2D eigenvalue weighted by atomic mass is 32.2. The molecule has 5 aliphatic rings. The van der Waals surface area contributed by atoms with Crippen LogP contribution < -0.4 is 15.4 Å². The van der Waals surface area contributed by atoms with Crippen LogP contribution in [-0.4, -0.2) is 90.9 Å². The number of carbonyl (C=O) groups excluding carboxylic acids is 4. The first-order valence-corrected chi connectivity index (χ1v) is 20.0. The van der Waals surface area contributed by atoms with Crippen molar-refractivity contribution in [3.05, 3.63) is 59.7 Å². The Hall–Kier alpha value is -4.60. The van der Waals surface area contributed by atoms with Crippen LogP contribution in [0.15, 0.2) is 53.7 Å². The van der Waals surface area contributed by atoms with Gasteiger partial charge in [0.25, 0.3) is 5.91 Å². The maximum Gasteiger partial charge on any atom is 0.408 e. The van der Waals surface area contributed by atoms with Gasteiger partial charge in [-0.1, -0.05) is 74.5 Å². The Balaban J connectivity index is 1.16. The summed E-state index contributed by atoms with van der Waals surface area (Å²) in [5.74, 6) is -4.48. The van der Waals surface area contributed by atoms with Crippen molar-refractivity contribution in [2.24, 2.45) is 16.5 Å². The highest BCUT2D eigenvalue weighted by Gasteiger charge is 2.67. The molecule has 54 heavy (non-hydrogen) atoms. The van der Waals surface area contributed by atoms with Crippen molar-refractivity contribution < 1.29 is 46.0 Å². The smallest absolute Gasteiger partial charge is 0.408 e. The number of alkyl halides is 2. The molecule has 0 aromatic heterocycles. The predicted molar refractivity (Wildman–Crippen MR) is 193 cm³/mol. The van der Waals surface area contributed by atoms with E-state index in [4.69, 9.17) is 9.57 Å². The van der Waals surface area contributed by atoms with Crippen LogP contribution in [0.1, 0.15) is 83.3 Å². The zero-order valence-electron chi connectivity index (χ0n) is 30.3. The molecule has 3 N–H and O–H groups in total. The van der Waals surface area contributed by atoms with Gasteiger partial charge in [-0.3, -0.25) is 19.1 Å². The Morgan fingerprint density at radius 1 is 0.907 bits per heavy atom. The number of halogens is 2. The van der Waals surface area contributed by atoms with E-state index in [1.54, 1.807) is 20.8 Å². The summed E-state index contributed by atoms with van der Waals surface area (Å²) in [7, 11) is -4.12. The monoisotopic (exact) mass is 769 g/mol. The van der Waals surface area contributed by atoms with E-state index in [-0.39, 0.29) is 19.1 Å². The fraction of sp³-hybridized carbons (Fsp3) is 0.553. The van der Waals surface area contributed by atoms with Gasteiger partial charge < -0.3 is 25.1 Å². The first-order valence-electron chi connectivity index (χ1n) is 18.5. The van der Waals surface area contributed by atoms with Crippen LogP contribution in [-0.2, 0) is 34.0 Å². The molecule has 1 aliphatic heterocycles. The molecule has 1 heterocycles. The van der Waals surface area contributed by atoms with Crippen LogP contribution in [0.2, 0.25) is 0 Å². The Kier molecular flexibility index (Phi) is 9.94. The van der Waals surface area contributed by atoms with Gasteiger partial charge in [0.2, 0.25) is 28.3 Å². The highest BCUT2D eigenvalue weighted by Crippen LogP contribution is 2.48. The molecular weight excluding hydrogens is 725 g/mol. The molecule has 4 aliphatic carbocycles. The van der Waals surface area contributed by atoms with Gasteiger partial charge in [-0.05, 0) is 61.5 Å². The minimum Gasteiger partial charge on any atom is -0.446 e. The zero-order chi connectivity index (χ0) is 38.6. The van der Waals surface area contributed by atoms with Gasteiger partial charge in [-0.15, -0.1) is 0 Å². The van der Waals surface area contributed by atoms with Crippen LogP contribution in [0.4, 0.5) is 13.6 Å². The number of nitrogens with one attached hydrogen (secondary N) is 3. The topological polar surface area (TPSA) is 173 Å². The molecule has 13 nitrogen and oxygen atoms in total. The lowest BCUT2D eigenvalue weighted by Crippen LogP contribution is -2.60. The standard InChI is InChI=1S/C38H45F2N5O8S/c1-37(2,3)31(41-36(49)52-21-10-4-5-11-21)34(47)45-20-22(53-43-30-26-14-8-6-12-24(26)25-13-7-9-15-27(25)30)18-29(45)33(46)42-38(19-28(38)32(39)40)35(48)44-54(50,51)23-16-17-23/h6-9,12-15,21-23,28-29,31-32H,4-5,10-11,16-20H2,1-3H3,(H,41,49)(H,42,46)(H,44,48)/t22-,28+,29+,31-,38+/m1/s1. The molecule has 5 atom stereocenters. The number of nitrogens with zero attached hydrogens (tertiary/aromatic N) is 2. The fourth-order valence-corrected chi connectivity index (χ4v) is 9.11. The summed E-state index contributed by atoms with van der Waals surface area (Å²) >= 11 is 0. The Morgan fingerprint density at radius 3 is 2.04 bits per heavy atom. The maximum atomic E-state index is 14.5. The summed E-state index contributed by atoms with van der Waals surface area (Å²) in [5.41, 5.74) is 1.06. The molecule has 4 amide bonds. The summed E-state index contributed by atoms with van der Waals surface area (Å²) in [6, 6.07) is 12.8. The highest BCUT2D eigenvalue weighted by molar-refractivity contribution is 7.91. The molecule has 1 saturated heterocycles. The number of benzene rings is 2.